The summed E-state index contributed by atoms with van der Waals surface area (Å²) in [4.78, 5) is 15.1. The Hall–Kier alpha value is -1.59. The highest BCUT2D eigenvalue weighted by Crippen LogP contribution is 2.37. The minimum absolute atomic E-state index is 0.0617. The van der Waals surface area contributed by atoms with Gasteiger partial charge in [0.2, 0.25) is 0 Å². The molecule has 2 N–H and O–H groups in total. The molecule has 0 bridgehead atoms. The maximum absolute atomic E-state index is 12.6. The third-order valence-electron chi connectivity index (χ3n) is 4.53. The molecular formula is C19H20N2OS2. The summed E-state index contributed by atoms with van der Waals surface area (Å²) >= 11 is 3.74. The predicted molar refractivity (Wildman–Crippen MR) is 101 cm³/mol. The fourth-order valence-corrected chi connectivity index (χ4v) is 5.59. The molecule has 5 heteroatoms. The first-order valence-corrected chi connectivity index (χ1v) is 10.3. The van der Waals surface area contributed by atoms with Gasteiger partial charge >= 0.3 is 6.03 Å². The van der Waals surface area contributed by atoms with E-state index in [1.807, 2.05) is 35.7 Å². The lowest BCUT2D eigenvalue weighted by atomic mass is 10.0. The maximum atomic E-state index is 12.6. The van der Waals surface area contributed by atoms with Crippen molar-refractivity contribution in [2.75, 3.05) is 11.5 Å². The molecule has 0 spiro atoms. The highest BCUT2D eigenvalue weighted by Gasteiger charge is 2.25. The van der Waals surface area contributed by atoms with Crippen molar-refractivity contribution in [1.29, 1.82) is 0 Å². The van der Waals surface area contributed by atoms with Crippen molar-refractivity contribution in [2.45, 2.75) is 34.7 Å². The summed E-state index contributed by atoms with van der Waals surface area (Å²) in [5.74, 6) is 2.09. The average molecular weight is 357 g/mol. The van der Waals surface area contributed by atoms with Gasteiger partial charge in [0.05, 0.1) is 12.1 Å². The van der Waals surface area contributed by atoms with E-state index >= 15 is 0 Å². The van der Waals surface area contributed by atoms with Crippen LogP contribution in [0.1, 0.15) is 36.1 Å². The quantitative estimate of drug-likeness (QED) is 0.815. The van der Waals surface area contributed by atoms with Crippen LogP contribution >= 0.6 is 23.5 Å². The summed E-state index contributed by atoms with van der Waals surface area (Å²) in [6.07, 6.45) is 1.96. The zero-order valence-corrected chi connectivity index (χ0v) is 15.0. The highest BCUT2D eigenvalue weighted by atomic mass is 32.2. The van der Waals surface area contributed by atoms with E-state index in [9.17, 15) is 4.79 Å². The van der Waals surface area contributed by atoms with Crippen molar-refractivity contribution in [3.8, 4) is 0 Å². The first-order valence-electron chi connectivity index (χ1n) is 8.32. The number of carbonyl (C=O) groups is 1. The molecule has 4 rings (SSSR count). The first kappa shape index (κ1) is 15.9. The second kappa shape index (κ2) is 7.11. The standard InChI is InChI=1S/C19H20N2OS2/c22-19(20-15-9-11-23-17-7-3-1-5-13(15)17)21-16-10-12-24-18-8-4-2-6-14(16)18/h1-8,15-16H,9-12H2,(H2,20,21,22)/t15-,16-/m1/s1. The van der Waals surface area contributed by atoms with E-state index in [-0.39, 0.29) is 18.1 Å². The number of hydrogen-bond donors (Lipinski definition) is 2. The van der Waals surface area contributed by atoms with E-state index in [0.29, 0.717) is 0 Å². The second-order valence-corrected chi connectivity index (χ2v) is 8.35. The number of benzene rings is 2. The van der Waals surface area contributed by atoms with E-state index in [2.05, 4.69) is 47.0 Å². The molecular weight excluding hydrogens is 336 g/mol. The summed E-state index contributed by atoms with van der Waals surface area (Å²) in [7, 11) is 0. The summed E-state index contributed by atoms with van der Waals surface area (Å²) in [6, 6.07) is 16.9. The average Bonchev–Trinajstić information content (AvgIpc) is 2.62. The third kappa shape index (κ3) is 3.28. The number of fused-ring (bicyclic) bond motifs is 2. The van der Waals surface area contributed by atoms with Crippen molar-refractivity contribution in [3.63, 3.8) is 0 Å². The molecule has 2 heterocycles. The Kier molecular flexibility index (Phi) is 4.72. The van der Waals surface area contributed by atoms with Gasteiger partial charge in [-0.15, -0.1) is 23.5 Å². The van der Waals surface area contributed by atoms with Crippen LogP contribution in [0.5, 0.6) is 0 Å². The van der Waals surface area contributed by atoms with Gasteiger partial charge in [-0.05, 0) is 36.1 Å². The Balaban J connectivity index is 1.45. The SMILES string of the molecule is O=C(N[C@@H]1CCSc2ccccc21)N[C@@H]1CCSc2ccccc21. The van der Waals surface area contributed by atoms with Crippen molar-refractivity contribution in [2.24, 2.45) is 0 Å². The Morgan fingerprint density at radius 1 is 0.792 bits per heavy atom. The van der Waals surface area contributed by atoms with Gasteiger partial charge in [0.25, 0.3) is 0 Å². The molecule has 3 nitrogen and oxygen atoms in total. The first-order chi connectivity index (χ1) is 11.8. The van der Waals surface area contributed by atoms with Crippen LogP contribution in [0.3, 0.4) is 0 Å². The number of amides is 2. The number of hydrogen-bond acceptors (Lipinski definition) is 3. The number of urea groups is 1. The van der Waals surface area contributed by atoms with E-state index in [0.717, 1.165) is 24.3 Å². The largest absolute Gasteiger partial charge is 0.331 e. The molecule has 0 aliphatic carbocycles. The molecule has 0 aromatic heterocycles. The van der Waals surface area contributed by atoms with Gasteiger partial charge in [-0.25, -0.2) is 4.79 Å². The second-order valence-electron chi connectivity index (χ2n) is 6.07. The van der Waals surface area contributed by atoms with Crippen molar-refractivity contribution in [1.82, 2.24) is 10.6 Å². The Morgan fingerprint density at radius 2 is 1.25 bits per heavy atom. The minimum Gasteiger partial charge on any atom is -0.331 e. The normalized spacial score (nSPS) is 22.2. The minimum atomic E-state index is -0.0617. The molecule has 2 aliphatic rings. The molecule has 2 amide bonds. The van der Waals surface area contributed by atoms with Gasteiger partial charge in [0, 0.05) is 21.3 Å². The molecule has 2 aromatic rings. The molecule has 2 aromatic carbocycles. The van der Waals surface area contributed by atoms with Crippen LogP contribution in [-0.4, -0.2) is 17.5 Å². The van der Waals surface area contributed by atoms with Crippen LogP contribution in [0.4, 0.5) is 4.79 Å². The third-order valence-corrected chi connectivity index (χ3v) is 6.77. The fraction of sp³-hybridized carbons (Fsp3) is 0.316. The molecule has 24 heavy (non-hydrogen) atoms. The molecule has 0 saturated carbocycles. The Bertz CT molecular complexity index is 688. The van der Waals surface area contributed by atoms with Gasteiger partial charge in [-0.2, -0.15) is 0 Å². The number of carbonyl (C=O) groups excluding carboxylic acids is 1. The predicted octanol–water partition coefficient (Wildman–Crippen LogP) is 4.76. The molecule has 2 atom stereocenters. The summed E-state index contributed by atoms with van der Waals surface area (Å²) in [6.45, 7) is 0. The zero-order chi connectivity index (χ0) is 16.4. The topological polar surface area (TPSA) is 41.1 Å². The van der Waals surface area contributed by atoms with Crippen molar-refractivity contribution < 1.29 is 4.79 Å². The van der Waals surface area contributed by atoms with Gasteiger partial charge in [0.1, 0.15) is 0 Å². The number of rotatable bonds is 2. The zero-order valence-electron chi connectivity index (χ0n) is 13.3. The van der Waals surface area contributed by atoms with E-state index in [1.165, 1.54) is 20.9 Å². The van der Waals surface area contributed by atoms with Crippen LogP contribution in [0.15, 0.2) is 58.3 Å². The van der Waals surface area contributed by atoms with Gasteiger partial charge in [-0.1, -0.05) is 36.4 Å². The van der Waals surface area contributed by atoms with Crippen LogP contribution in [0.2, 0.25) is 0 Å². The number of nitrogens with one attached hydrogen (secondary N) is 2. The Morgan fingerprint density at radius 3 is 1.75 bits per heavy atom. The molecule has 0 unspecified atom stereocenters. The van der Waals surface area contributed by atoms with E-state index in [1.54, 1.807) is 0 Å². The van der Waals surface area contributed by atoms with Crippen molar-refractivity contribution in [3.05, 3.63) is 59.7 Å². The number of thioether (sulfide) groups is 2. The molecule has 0 fully saturated rings. The fourth-order valence-electron chi connectivity index (χ4n) is 3.34. The van der Waals surface area contributed by atoms with Gasteiger partial charge in [-0.3, -0.25) is 0 Å². The molecule has 124 valence electrons. The maximum Gasteiger partial charge on any atom is 0.315 e. The summed E-state index contributed by atoms with van der Waals surface area (Å²) in [5, 5.41) is 6.37. The Labute approximate surface area is 151 Å². The smallest absolute Gasteiger partial charge is 0.315 e. The highest BCUT2D eigenvalue weighted by molar-refractivity contribution is 7.99. The molecule has 2 aliphatic heterocycles. The summed E-state index contributed by atoms with van der Waals surface area (Å²) in [5.41, 5.74) is 2.48. The van der Waals surface area contributed by atoms with Crippen LogP contribution in [-0.2, 0) is 0 Å². The van der Waals surface area contributed by atoms with Crippen LogP contribution < -0.4 is 10.6 Å². The lowest BCUT2D eigenvalue weighted by Gasteiger charge is -2.29. The molecule has 0 radical (unpaired) electrons. The van der Waals surface area contributed by atoms with Crippen molar-refractivity contribution >= 4 is 29.6 Å². The van der Waals surface area contributed by atoms with Crippen LogP contribution in [0.25, 0.3) is 0 Å². The summed E-state index contributed by atoms with van der Waals surface area (Å²) < 4.78 is 0. The molecule has 0 saturated heterocycles. The monoisotopic (exact) mass is 356 g/mol. The lowest BCUT2D eigenvalue weighted by Crippen LogP contribution is -2.41. The van der Waals surface area contributed by atoms with E-state index < -0.39 is 0 Å². The van der Waals surface area contributed by atoms with Crippen LogP contribution in [0, 0.1) is 0 Å². The van der Waals surface area contributed by atoms with Gasteiger partial charge in [0.15, 0.2) is 0 Å². The van der Waals surface area contributed by atoms with Gasteiger partial charge < -0.3 is 10.6 Å². The lowest BCUT2D eigenvalue weighted by molar-refractivity contribution is 0.232. The van der Waals surface area contributed by atoms with E-state index in [4.69, 9.17) is 0 Å².